The maximum atomic E-state index is 6.85. The lowest BCUT2D eigenvalue weighted by atomic mass is 10.1. The first-order chi connectivity index (χ1) is 4.75. The zero-order valence-corrected chi connectivity index (χ0v) is 6.18. The number of rotatable bonds is 1. The molecule has 0 aromatic heterocycles. The van der Waals surface area contributed by atoms with Gasteiger partial charge in [-0.2, -0.15) is 5.11 Å². The molecule has 1 N–H and O–H groups in total. The van der Waals surface area contributed by atoms with Crippen molar-refractivity contribution < 1.29 is 0 Å². The Labute approximate surface area is 60.4 Å². The molecule has 2 heteroatoms. The highest BCUT2D eigenvalue weighted by Gasteiger charge is 1.97. The van der Waals surface area contributed by atoms with Crippen LogP contribution in [-0.4, -0.2) is 0 Å². The van der Waals surface area contributed by atoms with Crippen LogP contribution in [0.1, 0.15) is 11.1 Å². The molecule has 0 heterocycles. The number of nitrogens with zero attached hydrogens (tertiary/aromatic N) is 1. The molecule has 0 aliphatic rings. The van der Waals surface area contributed by atoms with E-state index in [2.05, 4.69) is 5.11 Å². The molecule has 1 rings (SSSR count). The fourth-order valence-corrected chi connectivity index (χ4v) is 0.982. The zero-order valence-electron chi connectivity index (χ0n) is 6.18. The molecule has 0 unspecified atom stereocenters. The van der Waals surface area contributed by atoms with Gasteiger partial charge < -0.3 is 0 Å². The quantitative estimate of drug-likeness (QED) is 0.573. The maximum absolute atomic E-state index is 6.85. The van der Waals surface area contributed by atoms with Gasteiger partial charge in [-0.1, -0.05) is 18.2 Å². The van der Waals surface area contributed by atoms with E-state index in [1.165, 1.54) is 0 Å². The lowest BCUT2D eigenvalue weighted by Crippen LogP contribution is -1.76. The molecule has 0 bridgehead atoms. The second-order valence-corrected chi connectivity index (χ2v) is 2.35. The first-order valence-corrected chi connectivity index (χ1v) is 3.19. The molecule has 10 heavy (non-hydrogen) atoms. The predicted molar refractivity (Wildman–Crippen MR) is 40.7 cm³/mol. The summed E-state index contributed by atoms with van der Waals surface area (Å²) in [5, 5.41) is 3.42. The number of hydrogen-bond donors (Lipinski definition) is 1. The van der Waals surface area contributed by atoms with E-state index in [4.69, 9.17) is 5.53 Å². The second-order valence-electron chi connectivity index (χ2n) is 2.35. The Hall–Kier alpha value is -1.18. The topological polar surface area (TPSA) is 36.2 Å². The van der Waals surface area contributed by atoms with Crippen LogP contribution in [0.5, 0.6) is 0 Å². The average Bonchev–Trinajstić information content (AvgIpc) is 1.88. The van der Waals surface area contributed by atoms with Crippen molar-refractivity contribution in [3.05, 3.63) is 29.3 Å². The Morgan fingerprint density at radius 3 is 2.00 bits per heavy atom. The van der Waals surface area contributed by atoms with Gasteiger partial charge in [-0.15, -0.1) is 0 Å². The first kappa shape index (κ1) is 6.93. The van der Waals surface area contributed by atoms with E-state index in [0.717, 1.165) is 16.8 Å². The molecule has 2 nitrogen and oxygen atoms in total. The lowest BCUT2D eigenvalue weighted by Gasteiger charge is -1.99. The molecule has 0 spiro atoms. The van der Waals surface area contributed by atoms with Gasteiger partial charge in [0.05, 0.1) is 5.69 Å². The second kappa shape index (κ2) is 2.60. The first-order valence-electron chi connectivity index (χ1n) is 3.19. The van der Waals surface area contributed by atoms with Gasteiger partial charge in [0.1, 0.15) is 0 Å². The van der Waals surface area contributed by atoms with Gasteiger partial charge in [-0.3, -0.25) is 0 Å². The number of nitrogens with one attached hydrogen (secondary N) is 1. The van der Waals surface area contributed by atoms with E-state index < -0.39 is 0 Å². The van der Waals surface area contributed by atoms with E-state index >= 15 is 0 Å². The third kappa shape index (κ3) is 1.05. The van der Waals surface area contributed by atoms with Crippen molar-refractivity contribution >= 4 is 5.69 Å². The standard InChI is InChI=1S/C8H10N2/c1-6-4-3-5-7(2)8(6)10-9/h3-5,9H,1-2H3. The Balaban J connectivity index is 3.30. The van der Waals surface area contributed by atoms with Crippen LogP contribution in [0.25, 0.3) is 0 Å². The van der Waals surface area contributed by atoms with Crippen molar-refractivity contribution in [3.63, 3.8) is 0 Å². The summed E-state index contributed by atoms with van der Waals surface area (Å²) >= 11 is 0. The van der Waals surface area contributed by atoms with Crippen LogP contribution in [0.2, 0.25) is 0 Å². The Bertz CT molecular complexity index is 233. The van der Waals surface area contributed by atoms with E-state index in [1.807, 2.05) is 32.0 Å². The highest BCUT2D eigenvalue weighted by atomic mass is 15.0. The van der Waals surface area contributed by atoms with E-state index in [1.54, 1.807) is 0 Å². The number of hydrogen-bond acceptors (Lipinski definition) is 2. The largest absolute Gasteiger partial charge is 0.204 e. The molecule has 1 aromatic rings. The average molecular weight is 134 g/mol. The van der Waals surface area contributed by atoms with Gasteiger partial charge in [0.2, 0.25) is 0 Å². The molecule has 0 amide bonds. The lowest BCUT2D eigenvalue weighted by molar-refractivity contribution is 1.12. The van der Waals surface area contributed by atoms with Gasteiger partial charge in [0.25, 0.3) is 0 Å². The molecule has 0 atom stereocenters. The number of aryl methyl sites for hydroxylation is 2. The van der Waals surface area contributed by atoms with Crippen LogP contribution in [0, 0.1) is 19.4 Å². The van der Waals surface area contributed by atoms with Crippen molar-refractivity contribution in [3.8, 4) is 0 Å². The number of benzene rings is 1. The summed E-state index contributed by atoms with van der Waals surface area (Å²) in [4.78, 5) is 0. The van der Waals surface area contributed by atoms with Crippen LogP contribution in [0.3, 0.4) is 0 Å². The normalized spacial score (nSPS) is 9.40. The summed E-state index contributed by atoms with van der Waals surface area (Å²) in [6.45, 7) is 3.92. The van der Waals surface area contributed by atoms with E-state index in [0.29, 0.717) is 0 Å². The monoisotopic (exact) mass is 134 g/mol. The summed E-state index contributed by atoms with van der Waals surface area (Å²) in [5.74, 6) is 0. The highest BCUT2D eigenvalue weighted by Crippen LogP contribution is 2.21. The minimum atomic E-state index is 0.794. The molecule has 0 saturated heterocycles. The van der Waals surface area contributed by atoms with Gasteiger partial charge in [0, 0.05) is 0 Å². The summed E-state index contributed by atoms with van der Waals surface area (Å²) in [6, 6.07) is 5.89. The van der Waals surface area contributed by atoms with Crippen LogP contribution in [0.15, 0.2) is 23.3 Å². The molecule has 0 aliphatic carbocycles. The van der Waals surface area contributed by atoms with Crippen molar-refractivity contribution in [2.45, 2.75) is 13.8 Å². The summed E-state index contributed by atoms with van der Waals surface area (Å²) in [5.41, 5.74) is 9.77. The third-order valence-electron chi connectivity index (χ3n) is 1.55. The molecule has 1 aromatic carbocycles. The molecule has 52 valence electrons. The third-order valence-corrected chi connectivity index (χ3v) is 1.55. The van der Waals surface area contributed by atoms with Gasteiger partial charge >= 0.3 is 0 Å². The van der Waals surface area contributed by atoms with E-state index in [-0.39, 0.29) is 0 Å². The fourth-order valence-electron chi connectivity index (χ4n) is 0.982. The van der Waals surface area contributed by atoms with Crippen LogP contribution in [-0.2, 0) is 0 Å². The van der Waals surface area contributed by atoms with Crippen LogP contribution >= 0.6 is 0 Å². The maximum Gasteiger partial charge on any atom is 0.0908 e. The minimum absolute atomic E-state index is 0.794. The predicted octanol–water partition coefficient (Wildman–Crippen LogP) is 2.97. The molecular weight excluding hydrogens is 124 g/mol. The van der Waals surface area contributed by atoms with Crippen molar-refractivity contribution in [2.24, 2.45) is 5.11 Å². The molecule has 0 aliphatic heterocycles. The SMILES string of the molecule is Cc1cccc(C)c1N=N. The highest BCUT2D eigenvalue weighted by molar-refractivity contribution is 5.50. The van der Waals surface area contributed by atoms with Crippen LogP contribution < -0.4 is 0 Å². The van der Waals surface area contributed by atoms with Gasteiger partial charge in [0.15, 0.2) is 0 Å². The van der Waals surface area contributed by atoms with E-state index in [9.17, 15) is 0 Å². The Kier molecular flexibility index (Phi) is 1.81. The summed E-state index contributed by atoms with van der Waals surface area (Å²) < 4.78 is 0. The molecular formula is C8H10N2. The van der Waals surface area contributed by atoms with Crippen LogP contribution in [0.4, 0.5) is 5.69 Å². The smallest absolute Gasteiger partial charge is 0.0908 e. The Morgan fingerprint density at radius 2 is 1.70 bits per heavy atom. The van der Waals surface area contributed by atoms with Crippen molar-refractivity contribution in [2.75, 3.05) is 0 Å². The van der Waals surface area contributed by atoms with Gasteiger partial charge in [-0.05, 0) is 25.0 Å². The molecule has 0 fully saturated rings. The molecule has 0 saturated carbocycles. The van der Waals surface area contributed by atoms with Crippen molar-refractivity contribution in [1.29, 1.82) is 5.53 Å². The zero-order chi connectivity index (χ0) is 7.56. The van der Waals surface area contributed by atoms with Crippen molar-refractivity contribution in [1.82, 2.24) is 0 Å². The number of para-hydroxylation sites is 1. The summed E-state index contributed by atoms with van der Waals surface area (Å²) in [6.07, 6.45) is 0. The Morgan fingerprint density at radius 1 is 1.20 bits per heavy atom. The van der Waals surface area contributed by atoms with Gasteiger partial charge in [-0.25, -0.2) is 5.53 Å². The molecule has 0 radical (unpaired) electrons. The summed E-state index contributed by atoms with van der Waals surface area (Å²) in [7, 11) is 0. The fraction of sp³-hybridized carbons (Fsp3) is 0.250. The minimum Gasteiger partial charge on any atom is -0.204 e.